The first-order chi connectivity index (χ1) is 10.5. The summed E-state index contributed by atoms with van der Waals surface area (Å²) in [7, 11) is 0. The number of benzene rings is 1. The fourth-order valence-electron chi connectivity index (χ4n) is 2.19. The number of ether oxygens (including phenoxy) is 1. The Balaban J connectivity index is 2.19. The van der Waals surface area contributed by atoms with Crippen molar-refractivity contribution in [3.05, 3.63) is 58.4 Å². The van der Waals surface area contributed by atoms with Crippen molar-refractivity contribution in [1.82, 2.24) is 4.57 Å². The van der Waals surface area contributed by atoms with Gasteiger partial charge < -0.3 is 9.30 Å². The smallest absolute Gasteiger partial charge is 0.354 e. The number of nitrogens with zero attached hydrogens (tertiary/aromatic N) is 1. The number of carbonyl (C=O) groups excluding carboxylic acids is 2. The van der Waals surface area contributed by atoms with Gasteiger partial charge >= 0.3 is 5.97 Å². The van der Waals surface area contributed by atoms with E-state index in [-0.39, 0.29) is 12.2 Å². The summed E-state index contributed by atoms with van der Waals surface area (Å²) in [5.74, 6) is -0.449. The van der Waals surface area contributed by atoms with Crippen LogP contribution >= 0.6 is 11.6 Å². The lowest BCUT2D eigenvalue weighted by Gasteiger charge is -2.04. The maximum absolute atomic E-state index is 12.4. The van der Waals surface area contributed by atoms with Gasteiger partial charge in [-0.05, 0) is 37.6 Å². The van der Waals surface area contributed by atoms with Crippen LogP contribution in [-0.2, 0) is 17.7 Å². The summed E-state index contributed by atoms with van der Waals surface area (Å²) in [5.41, 5.74) is 1.81. The van der Waals surface area contributed by atoms with Gasteiger partial charge in [0.1, 0.15) is 5.69 Å². The van der Waals surface area contributed by atoms with E-state index in [0.717, 1.165) is 5.56 Å². The van der Waals surface area contributed by atoms with Gasteiger partial charge in [-0.1, -0.05) is 23.7 Å². The van der Waals surface area contributed by atoms with E-state index < -0.39 is 5.97 Å². The molecule has 5 heteroatoms. The quantitative estimate of drug-likeness (QED) is 0.601. The molecule has 0 aliphatic carbocycles. The van der Waals surface area contributed by atoms with Crippen LogP contribution in [0.1, 0.15) is 40.3 Å². The molecule has 0 N–H and O–H groups in total. The van der Waals surface area contributed by atoms with Crippen molar-refractivity contribution in [3.8, 4) is 0 Å². The number of ketones is 1. The van der Waals surface area contributed by atoms with E-state index in [0.29, 0.717) is 29.4 Å². The fourth-order valence-corrected chi connectivity index (χ4v) is 2.32. The highest BCUT2D eigenvalue weighted by Crippen LogP contribution is 2.15. The van der Waals surface area contributed by atoms with Gasteiger partial charge in [0.2, 0.25) is 0 Å². The highest BCUT2D eigenvalue weighted by Gasteiger charge is 2.17. The molecular weight excluding hydrogens is 302 g/mol. The first kappa shape index (κ1) is 16.3. The molecule has 1 aromatic carbocycles. The Kier molecular flexibility index (Phi) is 5.39. The largest absolute Gasteiger partial charge is 0.461 e. The molecule has 0 spiro atoms. The number of rotatable bonds is 6. The Labute approximate surface area is 134 Å². The molecule has 22 heavy (non-hydrogen) atoms. The minimum Gasteiger partial charge on any atom is -0.461 e. The molecular formula is C17H18ClNO3. The topological polar surface area (TPSA) is 48.3 Å². The Morgan fingerprint density at radius 1 is 1.18 bits per heavy atom. The number of hydrogen-bond donors (Lipinski definition) is 0. The molecule has 0 aliphatic rings. The molecule has 0 bridgehead atoms. The van der Waals surface area contributed by atoms with Gasteiger partial charge in [0.05, 0.1) is 6.61 Å². The number of halogens is 1. The molecule has 1 heterocycles. The van der Waals surface area contributed by atoms with Crippen LogP contribution < -0.4 is 0 Å². The molecule has 0 aliphatic heterocycles. The minimum absolute atomic E-state index is 0.0416. The molecule has 116 valence electrons. The van der Waals surface area contributed by atoms with Crippen molar-refractivity contribution < 1.29 is 14.3 Å². The van der Waals surface area contributed by atoms with Gasteiger partial charge in [-0.3, -0.25) is 4.79 Å². The number of hydrogen-bond acceptors (Lipinski definition) is 3. The summed E-state index contributed by atoms with van der Waals surface area (Å²) in [6, 6.07) is 8.75. The highest BCUT2D eigenvalue weighted by atomic mass is 35.5. The minimum atomic E-state index is -0.408. The number of aromatic nitrogens is 1. The molecule has 0 amide bonds. The van der Waals surface area contributed by atoms with Crippen LogP contribution in [0.25, 0.3) is 0 Å². The Morgan fingerprint density at radius 3 is 2.45 bits per heavy atom. The first-order valence-corrected chi connectivity index (χ1v) is 7.57. The molecule has 0 fully saturated rings. The Hall–Kier alpha value is -2.07. The summed E-state index contributed by atoms with van der Waals surface area (Å²) in [4.78, 5) is 24.2. The van der Waals surface area contributed by atoms with Gasteiger partial charge in [0.25, 0.3) is 0 Å². The summed E-state index contributed by atoms with van der Waals surface area (Å²) in [6.07, 6.45) is 1.97. The molecule has 2 aromatic rings. The predicted molar refractivity (Wildman–Crippen MR) is 85.5 cm³/mol. The molecule has 2 rings (SSSR count). The molecule has 0 atom stereocenters. The van der Waals surface area contributed by atoms with E-state index in [4.69, 9.17) is 16.3 Å². The molecule has 1 aromatic heterocycles. The lowest BCUT2D eigenvalue weighted by Crippen LogP contribution is -2.10. The van der Waals surface area contributed by atoms with Crippen molar-refractivity contribution in [2.75, 3.05) is 6.61 Å². The maximum atomic E-state index is 12.4. The summed E-state index contributed by atoms with van der Waals surface area (Å²) >= 11 is 5.83. The van der Waals surface area contributed by atoms with E-state index in [1.807, 2.05) is 19.1 Å². The number of carbonyl (C=O) groups is 2. The third-order valence-corrected chi connectivity index (χ3v) is 3.57. The van der Waals surface area contributed by atoms with E-state index in [1.54, 1.807) is 35.9 Å². The second-order valence-electron chi connectivity index (χ2n) is 4.85. The van der Waals surface area contributed by atoms with Crippen LogP contribution in [0.2, 0.25) is 5.02 Å². The van der Waals surface area contributed by atoms with Crippen molar-refractivity contribution in [3.63, 3.8) is 0 Å². The van der Waals surface area contributed by atoms with Crippen molar-refractivity contribution >= 4 is 23.4 Å². The number of esters is 1. The molecule has 4 nitrogen and oxygen atoms in total. The van der Waals surface area contributed by atoms with E-state index in [1.165, 1.54) is 0 Å². The van der Waals surface area contributed by atoms with Crippen LogP contribution in [0.15, 0.2) is 36.5 Å². The van der Waals surface area contributed by atoms with Crippen LogP contribution in [0.5, 0.6) is 0 Å². The zero-order valence-corrected chi connectivity index (χ0v) is 13.4. The second kappa shape index (κ2) is 7.27. The molecule has 0 saturated heterocycles. The molecule has 0 radical (unpaired) electrons. The average molecular weight is 320 g/mol. The Bertz CT molecular complexity index is 674. The third-order valence-electron chi connectivity index (χ3n) is 3.32. The van der Waals surface area contributed by atoms with Crippen LogP contribution in [0.3, 0.4) is 0 Å². The SMILES string of the molecule is CCOC(=O)c1cc(C(=O)Cc2ccc(Cl)cc2)cn1CC. The van der Waals surface area contributed by atoms with Gasteiger partial charge in [0, 0.05) is 29.7 Å². The maximum Gasteiger partial charge on any atom is 0.354 e. The summed E-state index contributed by atoms with van der Waals surface area (Å²) in [5, 5.41) is 0.637. The van der Waals surface area contributed by atoms with Crippen LogP contribution in [-0.4, -0.2) is 22.9 Å². The van der Waals surface area contributed by atoms with Crippen LogP contribution in [0, 0.1) is 0 Å². The summed E-state index contributed by atoms with van der Waals surface area (Å²) < 4.78 is 6.74. The van der Waals surface area contributed by atoms with Crippen molar-refractivity contribution in [2.24, 2.45) is 0 Å². The second-order valence-corrected chi connectivity index (χ2v) is 5.28. The van der Waals surface area contributed by atoms with Crippen LogP contribution in [0.4, 0.5) is 0 Å². The molecule has 0 unspecified atom stereocenters. The standard InChI is InChI=1S/C17H18ClNO3/c1-3-19-11-13(10-15(19)17(21)22-4-2)16(20)9-12-5-7-14(18)8-6-12/h5-8,10-11H,3-4,9H2,1-2H3. The number of aryl methyl sites for hydroxylation is 1. The van der Waals surface area contributed by atoms with Crippen molar-refractivity contribution in [1.29, 1.82) is 0 Å². The van der Waals surface area contributed by atoms with Gasteiger partial charge in [-0.2, -0.15) is 0 Å². The monoisotopic (exact) mass is 319 g/mol. The lowest BCUT2D eigenvalue weighted by atomic mass is 10.1. The predicted octanol–water partition coefficient (Wildman–Crippen LogP) is 3.76. The number of Topliss-reactive ketones (excluding diaryl/α,β-unsaturated/α-hetero) is 1. The first-order valence-electron chi connectivity index (χ1n) is 7.20. The fraction of sp³-hybridized carbons (Fsp3) is 0.294. The normalized spacial score (nSPS) is 10.5. The average Bonchev–Trinajstić information content (AvgIpc) is 2.94. The molecule has 0 saturated carbocycles. The van der Waals surface area contributed by atoms with E-state index >= 15 is 0 Å². The van der Waals surface area contributed by atoms with E-state index in [9.17, 15) is 9.59 Å². The Morgan fingerprint density at radius 2 is 1.86 bits per heavy atom. The zero-order chi connectivity index (χ0) is 16.1. The zero-order valence-electron chi connectivity index (χ0n) is 12.6. The van der Waals surface area contributed by atoms with Crippen molar-refractivity contribution in [2.45, 2.75) is 26.8 Å². The van der Waals surface area contributed by atoms with Gasteiger partial charge in [0.15, 0.2) is 5.78 Å². The van der Waals surface area contributed by atoms with E-state index in [2.05, 4.69) is 0 Å². The van der Waals surface area contributed by atoms with Gasteiger partial charge in [-0.25, -0.2) is 4.79 Å². The third kappa shape index (κ3) is 3.77. The van der Waals surface area contributed by atoms with Gasteiger partial charge in [-0.15, -0.1) is 0 Å². The highest BCUT2D eigenvalue weighted by molar-refractivity contribution is 6.30. The summed E-state index contributed by atoms with van der Waals surface area (Å²) in [6.45, 7) is 4.57. The lowest BCUT2D eigenvalue weighted by molar-refractivity contribution is 0.0514.